The third-order valence-corrected chi connectivity index (χ3v) is 4.11. The number of nitrogens with zero attached hydrogens (tertiary/aromatic N) is 1. The van der Waals surface area contributed by atoms with Gasteiger partial charge in [-0.05, 0) is 35.7 Å². The van der Waals surface area contributed by atoms with E-state index in [0.29, 0.717) is 17.1 Å². The van der Waals surface area contributed by atoms with Gasteiger partial charge in [0.2, 0.25) is 0 Å². The molecule has 1 heterocycles. The summed E-state index contributed by atoms with van der Waals surface area (Å²) < 4.78 is 15.6. The molecule has 0 aliphatic rings. The maximum atomic E-state index is 12.3. The minimum Gasteiger partial charge on any atom is -0.426 e. The van der Waals surface area contributed by atoms with E-state index in [1.54, 1.807) is 42.7 Å². The van der Waals surface area contributed by atoms with Crippen LogP contribution < -0.4 is 9.47 Å². The van der Waals surface area contributed by atoms with Gasteiger partial charge in [-0.1, -0.05) is 29.4 Å². The standard InChI is InChI=1S/C21H15NO5/c1-13(23)26-19-5-3-2-4-15(19)11-20(24)27-17-8-9-18-14(10-17)6-7-16-12-25-22-21(16)18/h2-10,12H,11H2,1H3. The minimum absolute atomic E-state index is 0.0101. The Balaban J connectivity index is 1.55. The highest BCUT2D eigenvalue weighted by molar-refractivity contribution is 6.05. The Labute approximate surface area is 154 Å². The number of aromatic nitrogens is 1. The second-order valence-corrected chi connectivity index (χ2v) is 6.05. The monoisotopic (exact) mass is 361 g/mol. The predicted molar refractivity (Wildman–Crippen MR) is 98.6 cm³/mol. The molecule has 0 unspecified atom stereocenters. The largest absolute Gasteiger partial charge is 0.426 e. The fourth-order valence-corrected chi connectivity index (χ4v) is 2.93. The molecule has 0 spiro atoms. The molecule has 0 N–H and O–H groups in total. The molecule has 1 aromatic heterocycles. The third-order valence-electron chi connectivity index (χ3n) is 4.11. The third kappa shape index (κ3) is 3.50. The number of fused-ring (bicyclic) bond motifs is 3. The Hall–Kier alpha value is -3.67. The van der Waals surface area contributed by atoms with Gasteiger partial charge in [0.1, 0.15) is 23.3 Å². The van der Waals surface area contributed by atoms with Gasteiger partial charge in [-0.15, -0.1) is 0 Å². The van der Waals surface area contributed by atoms with Gasteiger partial charge in [-0.25, -0.2) is 0 Å². The molecule has 3 aromatic carbocycles. The maximum Gasteiger partial charge on any atom is 0.315 e. The van der Waals surface area contributed by atoms with Gasteiger partial charge in [0.25, 0.3) is 0 Å². The summed E-state index contributed by atoms with van der Waals surface area (Å²) in [5.41, 5.74) is 1.35. The van der Waals surface area contributed by atoms with Crippen LogP contribution in [0.25, 0.3) is 21.7 Å². The number of rotatable bonds is 4. The van der Waals surface area contributed by atoms with E-state index in [1.807, 2.05) is 18.2 Å². The second kappa shape index (κ2) is 6.92. The molecular weight excluding hydrogens is 346 g/mol. The molecule has 27 heavy (non-hydrogen) atoms. The molecule has 0 fully saturated rings. The fraction of sp³-hybridized carbons (Fsp3) is 0.0952. The predicted octanol–water partition coefficient (Wildman–Crippen LogP) is 4.05. The lowest BCUT2D eigenvalue weighted by molar-refractivity contribution is -0.134. The molecule has 0 saturated carbocycles. The van der Waals surface area contributed by atoms with E-state index >= 15 is 0 Å². The van der Waals surface area contributed by atoms with Crippen LogP contribution in [0.3, 0.4) is 0 Å². The molecule has 0 saturated heterocycles. The van der Waals surface area contributed by atoms with Crippen LogP contribution in [0.1, 0.15) is 12.5 Å². The number of carbonyl (C=O) groups excluding carboxylic acids is 2. The van der Waals surface area contributed by atoms with Gasteiger partial charge >= 0.3 is 11.9 Å². The lowest BCUT2D eigenvalue weighted by Crippen LogP contribution is -2.13. The first kappa shape index (κ1) is 16.8. The summed E-state index contributed by atoms with van der Waals surface area (Å²) in [5, 5.41) is 6.72. The minimum atomic E-state index is -0.448. The first-order valence-electron chi connectivity index (χ1n) is 8.34. The van der Waals surface area contributed by atoms with Crippen molar-refractivity contribution in [2.75, 3.05) is 0 Å². The normalized spacial score (nSPS) is 10.9. The van der Waals surface area contributed by atoms with Crippen LogP contribution in [-0.4, -0.2) is 17.1 Å². The summed E-state index contributed by atoms with van der Waals surface area (Å²) in [6.45, 7) is 1.32. The summed E-state index contributed by atoms with van der Waals surface area (Å²) in [6.07, 6.45) is 1.58. The highest BCUT2D eigenvalue weighted by Crippen LogP contribution is 2.28. The van der Waals surface area contributed by atoms with Crippen molar-refractivity contribution in [3.63, 3.8) is 0 Å². The molecule has 134 valence electrons. The molecule has 6 heteroatoms. The molecule has 4 rings (SSSR count). The summed E-state index contributed by atoms with van der Waals surface area (Å²) in [7, 11) is 0. The van der Waals surface area contributed by atoms with E-state index in [4.69, 9.17) is 14.0 Å². The highest BCUT2D eigenvalue weighted by Gasteiger charge is 2.13. The summed E-state index contributed by atoms with van der Waals surface area (Å²) >= 11 is 0. The van der Waals surface area contributed by atoms with Crippen LogP contribution >= 0.6 is 0 Å². The number of benzene rings is 3. The molecule has 0 atom stereocenters. The zero-order chi connectivity index (χ0) is 18.8. The number of esters is 2. The van der Waals surface area contributed by atoms with Crippen molar-refractivity contribution in [2.45, 2.75) is 13.3 Å². The van der Waals surface area contributed by atoms with Gasteiger partial charge < -0.3 is 14.0 Å². The van der Waals surface area contributed by atoms with E-state index < -0.39 is 11.9 Å². The topological polar surface area (TPSA) is 78.6 Å². The van der Waals surface area contributed by atoms with Crippen molar-refractivity contribution in [3.8, 4) is 11.5 Å². The van der Waals surface area contributed by atoms with Crippen molar-refractivity contribution in [2.24, 2.45) is 0 Å². The first-order chi connectivity index (χ1) is 13.1. The summed E-state index contributed by atoms with van der Waals surface area (Å²) in [6, 6.07) is 16.0. The molecule has 0 aliphatic heterocycles. The quantitative estimate of drug-likeness (QED) is 0.403. The van der Waals surface area contributed by atoms with E-state index in [2.05, 4.69) is 5.16 Å². The van der Waals surface area contributed by atoms with Gasteiger partial charge in [-0.2, -0.15) is 0 Å². The van der Waals surface area contributed by atoms with Crippen LogP contribution in [0.15, 0.2) is 65.4 Å². The van der Waals surface area contributed by atoms with Gasteiger partial charge in [0.05, 0.1) is 6.42 Å². The average molecular weight is 361 g/mol. The SMILES string of the molecule is CC(=O)Oc1ccccc1CC(=O)Oc1ccc2c(ccc3conc32)c1. The highest BCUT2D eigenvalue weighted by atomic mass is 16.5. The van der Waals surface area contributed by atoms with Crippen molar-refractivity contribution in [3.05, 3.63) is 66.4 Å². The maximum absolute atomic E-state index is 12.3. The number of hydrogen-bond acceptors (Lipinski definition) is 6. The van der Waals surface area contributed by atoms with E-state index in [1.165, 1.54) is 6.92 Å². The van der Waals surface area contributed by atoms with Crippen molar-refractivity contribution < 1.29 is 23.6 Å². The Morgan fingerprint density at radius 3 is 2.67 bits per heavy atom. The molecule has 4 aromatic rings. The first-order valence-corrected chi connectivity index (χ1v) is 8.34. The van der Waals surface area contributed by atoms with Crippen molar-refractivity contribution in [1.29, 1.82) is 0 Å². The lowest BCUT2D eigenvalue weighted by Gasteiger charge is -2.09. The van der Waals surface area contributed by atoms with Crippen LogP contribution in [0.5, 0.6) is 11.5 Å². The van der Waals surface area contributed by atoms with Gasteiger partial charge in [-0.3, -0.25) is 9.59 Å². The molecule has 0 radical (unpaired) electrons. The van der Waals surface area contributed by atoms with Crippen LogP contribution in [0.4, 0.5) is 0 Å². The van der Waals surface area contributed by atoms with Crippen LogP contribution in [0, 0.1) is 0 Å². The van der Waals surface area contributed by atoms with Crippen LogP contribution in [-0.2, 0) is 16.0 Å². The Kier molecular flexibility index (Phi) is 4.30. The molecule has 0 aliphatic carbocycles. The summed E-state index contributed by atoms with van der Waals surface area (Å²) in [4.78, 5) is 23.5. The van der Waals surface area contributed by atoms with Gasteiger partial charge in [0.15, 0.2) is 0 Å². The molecule has 6 nitrogen and oxygen atoms in total. The Morgan fingerprint density at radius 2 is 1.81 bits per heavy atom. The fourth-order valence-electron chi connectivity index (χ4n) is 2.93. The zero-order valence-electron chi connectivity index (χ0n) is 14.5. The zero-order valence-corrected chi connectivity index (χ0v) is 14.5. The van der Waals surface area contributed by atoms with E-state index in [9.17, 15) is 9.59 Å². The molecule has 0 amide bonds. The van der Waals surface area contributed by atoms with Crippen LogP contribution in [0.2, 0.25) is 0 Å². The number of carbonyl (C=O) groups is 2. The average Bonchev–Trinajstić information content (AvgIpc) is 3.12. The number of hydrogen-bond donors (Lipinski definition) is 0. The molecular formula is C21H15NO5. The Bertz CT molecular complexity index is 1160. The van der Waals surface area contributed by atoms with Gasteiger partial charge in [0, 0.05) is 23.3 Å². The van der Waals surface area contributed by atoms with Crippen molar-refractivity contribution in [1.82, 2.24) is 5.16 Å². The second-order valence-electron chi connectivity index (χ2n) is 6.05. The van der Waals surface area contributed by atoms with E-state index in [0.717, 1.165) is 21.7 Å². The summed E-state index contributed by atoms with van der Waals surface area (Å²) in [5.74, 6) is -0.102. The van der Waals surface area contributed by atoms with E-state index in [-0.39, 0.29) is 6.42 Å². The lowest BCUT2D eigenvalue weighted by atomic mass is 10.1. The smallest absolute Gasteiger partial charge is 0.315 e. The molecule has 0 bridgehead atoms. The van der Waals surface area contributed by atoms with Crippen molar-refractivity contribution >= 4 is 33.6 Å². The number of ether oxygens (including phenoxy) is 2. The number of para-hydroxylation sites is 1. The Morgan fingerprint density at radius 1 is 1.00 bits per heavy atom.